The van der Waals surface area contributed by atoms with Crippen LogP contribution in [0.1, 0.15) is 5.69 Å². The zero-order valence-electron chi connectivity index (χ0n) is 13.1. The van der Waals surface area contributed by atoms with Crippen molar-refractivity contribution in [2.75, 3.05) is 0 Å². The smallest absolute Gasteiger partial charge is 0.318 e. The van der Waals surface area contributed by atoms with Crippen LogP contribution in [0.5, 0.6) is 11.5 Å². The van der Waals surface area contributed by atoms with Gasteiger partial charge in [0.2, 0.25) is 5.75 Å². The van der Waals surface area contributed by atoms with Crippen molar-refractivity contribution in [1.82, 2.24) is 4.98 Å². The third kappa shape index (κ3) is 3.24. The standard InChI is InChI=1S/C16H9Cl2N3O5/c1-8-2-4-10-11(17)7-12(18)16(15(10)19-8)26-14-5-3-9(20(22)23)6-13(14)21(24)25/h2-7H,1H3. The molecule has 8 nitrogen and oxygen atoms in total. The third-order valence-corrected chi connectivity index (χ3v) is 4.13. The Balaban J connectivity index is 2.20. The van der Waals surface area contributed by atoms with E-state index < -0.39 is 21.2 Å². The lowest BCUT2D eigenvalue weighted by atomic mass is 10.2. The lowest BCUT2D eigenvalue weighted by Gasteiger charge is -2.12. The van der Waals surface area contributed by atoms with Crippen molar-refractivity contribution in [3.05, 3.63) is 72.4 Å². The molecule has 0 amide bonds. The zero-order valence-corrected chi connectivity index (χ0v) is 14.6. The molecule has 0 bridgehead atoms. The van der Waals surface area contributed by atoms with Crippen LogP contribution in [0.25, 0.3) is 10.9 Å². The van der Waals surface area contributed by atoms with Crippen LogP contribution in [-0.4, -0.2) is 14.8 Å². The number of pyridine rings is 1. The van der Waals surface area contributed by atoms with E-state index >= 15 is 0 Å². The molecule has 2 aromatic carbocycles. The van der Waals surface area contributed by atoms with Gasteiger partial charge in [0.25, 0.3) is 5.69 Å². The first-order chi connectivity index (χ1) is 12.3. The molecule has 0 fully saturated rings. The summed E-state index contributed by atoms with van der Waals surface area (Å²) in [5, 5.41) is 23.1. The molecular formula is C16H9Cl2N3O5. The predicted octanol–water partition coefficient (Wildman–Crippen LogP) is 5.46. The Bertz CT molecular complexity index is 1070. The van der Waals surface area contributed by atoms with Crippen molar-refractivity contribution in [3.63, 3.8) is 0 Å². The maximum Gasteiger partial charge on any atom is 0.318 e. The van der Waals surface area contributed by atoms with E-state index in [0.29, 0.717) is 21.6 Å². The molecule has 0 saturated carbocycles. The number of hydrogen-bond acceptors (Lipinski definition) is 6. The van der Waals surface area contributed by atoms with Gasteiger partial charge in [-0.3, -0.25) is 20.2 Å². The number of halogens is 2. The Labute approximate surface area is 156 Å². The molecule has 0 unspecified atom stereocenters. The number of aromatic nitrogens is 1. The van der Waals surface area contributed by atoms with E-state index in [9.17, 15) is 20.2 Å². The number of non-ortho nitro benzene ring substituents is 1. The van der Waals surface area contributed by atoms with Crippen LogP contribution in [-0.2, 0) is 0 Å². The Morgan fingerprint density at radius 3 is 2.38 bits per heavy atom. The number of nitro benzene ring substituents is 2. The van der Waals surface area contributed by atoms with E-state index in [-0.39, 0.29) is 16.5 Å². The monoisotopic (exact) mass is 393 g/mol. The summed E-state index contributed by atoms with van der Waals surface area (Å²) in [6, 6.07) is 7.98. The summed E-state index contributed by atoms with van der Waals surface area (Å²) < 4.78 is 5.64. The number of aryl methyl sites for hydroxylation is 1. The molecule has 0 N–H and O–H groups in total. The summed E-state index contributed by atoms with van der Waals surface area (Å²) in [5.74, 6) is -0.124. The molecule has 0 aliphatic rings. The fourth-order valence-corrected chi connectivity index (χ4v) is 2.90. The molecule has 132 valence electrons. The van der Waals surface area contributed by atoms with Crippen LogP contribution >= 0.6 is 23.2 Å². The van der Waals surface area contributed by atoms with Crippen LogP contribution < -0.4 is 4.74 Å². The van der Waals surface area contributed by atoms with Crippen LogP contribution in [0.2, 0.25) is 10.0 Å². The molecule has 0 saturated heterocycles. The number of rotatable bonds is 4. The first kappa shape index (κ1) is 17.8. The van der Waals surface area contributed by atoms with E-state index in [4.69, 9.17) is 27.9 Å². The van der Waals surface area contributed by atoms with Gasteiger partial charge in [0.05, 0.1) is 26.0 Å². The van der Waals surface area contributed by atoms with Crippen molar-refractivity contribution < 1.29 is 14.6 Å². The van der Waals surface area contributed by atoms with Crippen LogP contribution in [0.15, 0.2) is 36.4 Å². The maximum atomic E-state index is 11.3. The van der Waals surface area contributed by atoms with Crippen LogP contribution in [0, 0.1) is 27.2 Å². The van der Waals surface area contributed by atoms with Crippen molar-refractivity contribution >= 4 is 45.5 Å². The number of nitro groups is 2. The summed E-state index contributed by atoms with van der Waals surface area (Å²) in [7, 11) is 0. The van der Waals surface area contributed by atoms with Gasteiger partial charge < -0.3 is 4.74 Å². The highest BCUT2D eigenvalue weighted by molar-refractivity contribution is 6.39. The summed E-state index contributed by atoms with van der Waals surface area (Å²) >= 11 is 12.4. The normalized spacial score (nSPS) is 10.7. The highest BCUT2D eigenvalue weighted by atomic mass is 35.5. The van der Waals surface area contributed by atoms with E-state index in [1.807, 2.05) is 0 Å². The second-order valence-corrected chi connectivity index (χ2v) is 6.10. The molecule has 0 aliphatic carbocycles. The first-order valence-electron chi connectivity index (χ1n) is 7.14. The lowest BCUT2D eigenvalue weighted by molar-refractivity contribution is -0.394. The Morgan fingerprint density at radius 1 is 1.00 bits per heavy atom. The molecule has 10 heteroatoms. The maximum absolute atomic E-state index is 11.3. The van der Waals surface area contributed by atoms with Gasteiger partial charge in [0.15, 0.2) is 5.75 Å². The van der Waals surface area contributed by atoms with Crippen LogP contribution in [0.3, 0.4) is 0 Å². The average molecular weight is 394 g/mol. The first-order valence-corrected chi connectivity index (χ1v) is 7.89. The minimum Gasteiger partial charge on any atom is -0.446 e. The fourth-order valence-electron chi connectivity index (χ4n) is 2.35. The van der Waals surface area contributed by atoms with E-state index in [2.05, 4.69) is 4.98 Å². The number of benzene rings is 2. The number of fused-ring (bicyclic) bond motifs is 1. The fraction of sp³-hybridized carbons (Fsp3) is 0.0625. The molecule has 1 heterocycles. The second-order valence-electron chi connectivity index (χ2n) is 5.29. The zero-order chi connectivity index (χ0) is 19.0. The van der Waals surface area contributed by atoms with E-state index in [1.165, 1.54) is 6.07 Å². The molecule has 0 radical (unpaired) electrons. The van der Waals surface area contributed by atoms with Gasteiger partial charge in [0, 0.05) is 17.1 Å². The quantitative estimate of drug-likeness (QED) is 0.430. The Hall–Kier alpha value is -2.97. The minimum atomic E-state index is -0.771. The van der Waals surface area contributed by atoms with Gasteiger partial charge in [-0.2, -0.15) is 0 Å². The predicted molar refractivity (Wildman–Crippen MR) is 96.3 cm³/mol. The van der Waals surface area contributed by atoms with Gasteiger partial charge >= 0.3 is 5.69 Å². The third-order valence-electron chi connectivity index (χ3n) is 3.54. The molecule has 0 spiro atoms. The van der Waals surface area contributed by atoms with Gasteiger partial charge in [-0.15, -0.1) is 0 Å². The highest BCUT2D eigenvalue weighted by Crippen LogP contribution is 2.42. The number of hydrogen-bond donors (Lipinski definition) is 0. The van der Waals surface area contributed by atoms with Gasteiger partial charge in [-0.25, -0.2) is 4.98 Å². The summed E-state index contributed by atoms with van der Waals surface area (Å²) in [6.45, 7) is 1.76. The Kier molecular flexibility index (Phi) is 4.62. The largest absolute Gasteiger partial charge is 0.446 e. The minimum absolute atomic E-state index is 0.0757. The number of nitrogens with zero attached hydrogens (tertiary/aromatic N) is 3. The Morgan fingerprint density at radius 2 is 1.73 bits per heavy atom. The van der Waals surface area contributed by atoms with Gasteiger partial charge in [-0.05, 0) is 31.2 Å². The molecule has 3 rings (SSSR count). The molecule has 0 aliphatic heterocycles. The van der Waals surface area contributed by atoms with E-state index in [1.54, 1.807) is 19.1 Å². The van der Waals surface area contributed by atoms with E-state index in [0.717, 1.165) is 18.2 Å². The SMILES string of the molecule is Cc1ccc2c(Cl)cc(Cl)c(Oc3ccc([N+](=O)[O-])cc3[N+](=O)[O-])c2n1. The average Bonchev–Trinajstić information content (AvgIpc) is 2.58. The van der Waals surface area contributed by atoms with Crippen molar-refractivity contribution in [3.8, 4) is 11.5 Å². The van der Waals surface area contributed by atoms with Gasteiger partial charge in [-0.1, -0.05) is 23.2 Å². The molecular weight excluding hydrogens is 385 g/mol. The molecule has 1 aromatic heterocycles. The highest BCUT2D eigenvalue weighted by Gasteiger charge is 2.23. The van der Waals surface area contributed by atoms with Crippen molar-refractivity contribution in [1.29, 1.82) is 0 Å². The molecule has 26 heavy (non-hydrogen) atoms. The summed E-state index contributed by atoms with van der Waals surface area (Å²) in [4.78, 5) is 25.0. The molecule has 0 atom stereocenters. The van der Waals surface area contributed by atoms with Gasteiger partial charge in [0.1, 0.15) is 5.52 Å². The lowest BCUT2D eigenvalue weighted by Crippen LogP contribution is -1.97. The van der Waals surface area contributed by atoms with Crippen LogP contribution in [0.4, 0.5) is 11.4 Å². The summed E-state index contributed by atoms with van der Waals surface area (Å²) in [6.07, 6.45) is 0. The number of ether oxygens (including phenoxy) is 1. The molecule has 3 aromatic rings. The van der Waals surface area contributed by atoms with Crippen molar-refractivity contribution in [2.24, 2.45) is 0 Å². The summed E-state index contributed by atoms with van der Waals surface area (Å²) in [5.41, 5.74) is 0.00475. The second kappa shape index (κ2) is 6.74. The topological polar surface area (TPSA) is 108 Å². The van der Waals surface area contributed by atoms with Crippen molar-refractivity contribution in [2.45, 2.75) is 6.92 Å².